The lowest BCUT2D eigenvalue weighted by Crippen LogP contribution is -2.20. The molecule has 1 aromatic carbocycles. The first-order valence-corrected chi connectivity index (χ1v) is 9.03. The molecule has 0 spiro atoms. The average molecular weight is 375 g/mol. The Morgan fingerprint density at radius 3 is 2.52 bits per heavy atom. The normalized spacial score (nSPS) is 18.3. The summed E-state index contributed by atoms with van der Waals surface area (Å²) in [6, 6.07) is 4.21. The molecule has 2 rings (SSSR count). The molecule has 0 radical (unpaired) electrons. The van der Waals surface area contributed by atoms with Crippen molar-refractivity contribution in [3.63, 3.8) is 0 Å². The number of methoxy groups -OCH3 is 1. The van der Waals surface area contributed by atoms with Crippen molar-refractivity contribution in [1.82, 2.24) is 5.32 Å². The number of hydrogen-bond donors (Lipinski definition) is 1. The monoisotopic (exact) mass is 373 g/mol. The number of ether oxygens (including phenoxy) is 1. The van der Waals surface area contributed by atoms with Gasteiger partial charge in [-0.15, -0.1) is 0 Å². The predicted octanol–water partition coefficient (Wildman–Crippen LogP) is 5.73. The SMILES string of the molecule is CNC(CC1CCCCCC1)c1cc(Cl)cc(Br)c1OC. The Morgan fingerprint density at radius 2 is 1.95 bits per heavy atom. The highest BCUT2D eigenvalue weighted by molar-refractivity contribution is 9.10. The largest absolute Gasteiger partial charge is 0.495 e. The van der Waals surface area contributed by atoms with Gasteiger partial charge in [0.1, 0.15) is 5.75 Å². The molecule has 1 atom stereocenters. The Kier molecular flexibility index (Phi) is 6.84. The van der Waals surface area contributed by atoms with Crippen molar-refractivity contribution in [2.75, 3.05) is 14.2 Å². The summed E-state index contributed by atoms with van der Waals surface area (Å²) in [7, 11) is 3.74. The highest BCUT2D eigenvalue weighted by atomic mass is 79.9. The first-order chi connectivity index (χ1) is 10.2. The van der Waals surface area contributed by atoms with Crippen molar-refractivity contribution in [2.24, 2.45) is 5.92 Å². The molecule has 1 unspecified atom stereocenters. The molecule has 1 fully saturated rings. The first kappa shape index (κ1) is 17.1. The van der Waals surface area contributed by atoms with E-state index in [-0.39, 0.29) is 6.04 Å². The highest BCUT2D eigenvalue weighted by Gasteiger charge is 2.22. The van der Waals surface area contributed by atoms with E-state index in [1.54, 1.807) is 7.11 Å². The minimum absolute atomic E-state index is 0.290. The van der Waals surface area contributed by atoms with Gasteiger partial charge in [0.05, 0.1) is 11.6 Å². The molecule has 21 heavy (non-hydrogen) atoms. The van der Waals surface area contributed by atoms with Crippen LogP contribution in [0.2, 0.25) is 5.02 Å². The number of halogens is 2. The van der Waals surface area contributed by atoms with Gasteiger partial charge >= 0.3 is 0 Å². The van der Waals surface area contributed by atoms with E-state index < -0.39 is 0 Å². The van der Waals surface area contributed by atoms with Crippen molar-refractivity contribution in [3.05, 3.63) is 27.2 Å². The quantitative estimate of drug-likeness (QED) is 0.664. The van der Waals surface area contributed by atoms with Crippen LogP contribution in [0.1, 0.15) is 56.6 Å². The standard InChI is InChI=1S/C17H25BrClNO/c1-20-16(9-12-7-5-3-4-6-8-12)14-10-13(19)11-15(18)17(14)21-2/h10-12,16,20H,3-9H2,1-2H3. The molecule has 1 N–H and O–H groups in total. The molecule has 0 amide bonds. The Balaban J connectivity index is 2.20. The van der Waals surface area contributed by atoms with E-state index in [2.05, 4.69) is 21.2 Å². The lowest BCUT2D eigenvalue weighted by molar-refractivity contribution is 0.352. The van der Waals surface area contributed by atoms with Crippen molar-refractivity contribution in [3.8, 4) is 5.75 Å². The van der Waals surface area contributed by atoms with Gasteiger partial charge < -0.3 is 10.1 Å². The van der Waals surface area contributed by atoms with E-state index >= 15 is 0 Å². The molecule has 118 valence electrons. The van der Waals surface area contributed by atoms with Crippen LogP contribution in [0.15, 0.2) is 16.6 Å². The van der Waals surface area contributed by atoms with E-state index in [1.807, 2.05) is 19.2 Å². The molecule has 0 aromatic heterocycles. The summed E-state index contributed by atoms with van der Waals surface area (Å²) in [6.07, 6.45) is 9.39. The summed E-state index contributed by atoms with van der Waals surface area (Å²) in [5.74, 6) is 1.69. The molecule has 1 aromatic rings. The van der Waals surface area contributed by atoms with Crippen LogP contribution in [0, 0.1) is 5.92 Å². The van der Waals surface area contributed by atoms with Crippen molar-refractivity contribution in [1.29, 1.82) is 0 Å². The summed E-state index contributed by atoms with van der Waals surface area (Å²) in [5, 5.41) is 4.20. The molecular formula is C17H25BrClNO. The van der Waals surface area contributed by atoms with E-state index in [9.17, 15) is 0 Å². The Morgan fingerprint density at radius 1 is 1.29 bits per heavy atom. The van der Waals surface area contributed by atoms with Crippen LogP contribution in [0.3, 0.4) is 0 Å². The minimum Gasteiger partial charge on any atom is -0.495 e. The summed E-state index contributed by atoms with van der Waals surface area (Å²) in [4.78, 5) is 0. The molecular weight excluding hydrogens is 350 g/mol. The fourth-order valence-corrected chi connectivity index (χ4v) is 4.38. The topological polar surface area (TPSA) is 21.3 Å². The van der Waals surface area contributed by atoms with Crippen molar-refractivity contribution < 1.29 is 4.74 Å². The van der Waals surface area contributed by atoms with Gasteiger partial charge in [0.15, 0.2) is 0 Å². The number of benzene rings is 1. The average Bonchev–Trinajstić information content (AvgIpc) is 2.72. The van der Waals surface area contributed by atoms with E-state index in [0.717, 1.165) is 33.1 Å². The zero-order valence-electron chi connectivity index (χ0n) is 12.9. The molecule has 0 saturated heterocycles. The number of hydrogen-bond acceptors (Lipinski definition) is 2. The second kappa shape index (κ2) is 8.40. The lowest BCUT2D eigenvalue weighted by Gasteiger charge is -2.25. The Hall–Kier alpha value is -0.250. The summed E-state index contributed by atoms with van der Waals surface area (Å²) in [5.41, 5.74) is 1.16. The van der Waals surface area contributed by atoms with Crippen LogP contribution in [0.25, 0.3) is 0 Å². The molecule has 0 aliphatic heterocycles. The Labute approximate surface area is 141 Å². The maximum Gasteiger partial charge on any atom is 0.137 e. The van der Waals surface area contributed by atoms with E-state index in [4.69, 9.17) is 16.3 Å². The van der Waals surface area contributed by atoms with Gasteiger partial charge in [-0.2, -0.15) is 0 Å². The molecule has 1 aliphatic carbocycles. The summed E-state index contributed by atoms with van der Waals surface area (Å²) >= 11 is 9.79. The number of nitrogens with one attached hydrogen (secondary N) is 1. The fraction of sp³-hybridized carbons (Fsp3) is 0.647. The van der Waals surface area contributed by atoms with E-state index in [1.165, 1.54) is 38.5 Å². The van der Waals surface area contributed by atoms with Crippen LogP contribution >= 0.6 is 27.5 Å². The molecule has 0 heterocycles. The molecule has 0 bridgehead atoms. The highest BCUT2D eigenvalue weighted by Crippen LogP contribution is 2.39. The molecule has 1 saturated carbocycles. The smallest absolute Gasteiger partial charge is 0.137 e. The van der Waals surface area contributed by atoms with Gasteiger partial charge in [0.25, 0.3) is 0 Å². The Bertz CT molecular complexity index is 458. The number of rotatable bonds is 5. The van der Waals surface area contributed by atoms with Crippen molar-refractivity contribution in [2.45, 2.75) is 51.0 Å². The molecule has 1 aliphatic rings. The third-order valence-electron chi connectivity index (χ3n) is 4.51. The van der Waals surface area contributed by atoms with Gasteiger partial charge in [0, 0.05) is 16.6 Å². The fourth-order valence-electron chi connectivity index (χ4n) is 3.39. The van der Waals surface area contributed by atoms with Crippen LogP contribution in [0.4, 0.5) is 0 Å². The van der Waals surface area contributed by atoms with Gasteiger partial charge in [-0.25, -0.2) is 0 Å². The van der Waals surface area contributed by atoms with Crippen molar-refractivity contribution >= 4 is 27.5 Å². The van der Waals surface area contributed by atoms with Crippen LogP contribution in [-0.4, -0.2) is 14.2 Å². The maximum atomic E-state index is 6.24. The van der Waals surface area contributed by atoms with Crippen LogP contribution in [0.5, 0.6) is 5.75 Å². The molecule has 4 heteroatoms. The predicted molar refractivity (Wildman–Crippen MR) is 93.3 cm³/mol. The molecule has 2 nitrogen and oxygen atoms in total. The third kappa shape index (κ3) is 4.61. The zero-order chi connectivity index (χ0) is 15.2. The summed E-state index contributed by atoms with van der Waals surface area (Å²) < 4.78 is 6.51. The van der Waals surface area contributed by atoms with Gasteiger partial charge in [-0.1, -0.05) is 50.1 Å². The second-order valence-corrected chi connectivity index (χ2v) is 7.24. The van der Waals surface area contributed by atoms with Crippen LogP contribution < -0.4 is 10.1 Å². The van der Waals surface area contributed by atoms with Gasteiger partial charge in [-0.3, -0.25) is 0 Å². The lowest BCUT2D eigenvalue weighted by atomic mass is 9.89. The second-order valence-electron chi connectivity index (χ2n) is 5.94. The third-order valence-corrected chi connectivity index (χ3v) is 5.32. The maximum absolute atomic E-state index is 6.24. The van der Waals surface area contributed by atoms with E-state index in [0.29, 0.717) is 0 Å². The zero-order valence-corrected chi connectivity index (χ0v) is 15.3. The van der Waals surface area contributed by atoms with Gasteiger partial charge in [-0.05, 0) is 47.4 Å². The van der Waals surface area contributed by atoms with Crippen LogP contribution in [-0.2, 0) is 0 Å². The van der Waals surface area contributed by atoms with Gasteiger partial charge in [0.2, 0.25) is 0 Å². The summed E-state index contributed by atoms with van der Waals surface area (Å²) in [6.45, 7) is 0. The first-order valence-electron chi connectivity index (χ1n) is 7.86. The minimum atomic E-state index is 0.290.